The molecule has 112 valence electrons. The van der Waals surface area contributed by atoms with E-state index in [0.29, 0.717) is 12.3 Å². The van der Waals surface area contributed by atoms with Crippen LogP contribution in [0.4, 0.5) is 5.69 Å². The van der Waals surface area contributed by atoms with Crippen molar-refractivity contribution in [2.75, 3.05) is 25.1 Å². The van der Waals surface area contributed by atoms with Crippen molar-refractivity contribution in [2.45, 2.75) is 13.8 Å². The molecule has 6 nitrogen and oxygen atoms in total. The van der Waals surface area contributed by atoms with Crippen LogP contribution in [-0.2, 0) is 23.8 Å². The van der Waals surface area contributed by atoms with E-state index in [0.717, 1.165) is 11.1 Å². The van der Waals surface area contributed by atoms with Crippen LogP contribution in [0, 0.1) is 13.8 Å². The van der Waals surface area contributed by atoms with Gasteiger partial charge in [0.25, 0.3) is 5.91 Å². The van der Waals surface area contributed by atoms with Crippen LogP contribution in [0.1, 0.15) is 11.1 Å². The third kappa shape index (κ3) is 4.24. The van der Waals surface area contributed by atoms with Gasteiger partial charge >= 0.3 is 5.97 Å². The first-order valence-corrected chi connectivity index (χ1v) is 6.55. The van der Waals surface area contributed by atoms with Crippen LogP contribution in [-0.4, -0.2) is 31.7 Å². The summed E-state index contributed by atoms with van der Waals surface area (Å²) in [5.41, 5.74) is 2.75. The van der Waals surface area contributed by atoms with Gasteiger partial charge in [-0.05, 0) is 25.5 Å². The van der Waals surface area contributed by atoms with E-state index in [4.69, 9.17) is 14.2 Å². The van der Waals surface area contributed by atoms with E-state index in [2.05, 4.69) is 5.32 Å². The zero-order chi connectivity index (χ0) is 15.2. The number of benzene rings is 1. The highest BCUT2D eigenvalue weighted by atomic mass is 16.6. The summed E-state index contributed by atoms with van der Waals surface area (Å²) in [7, 11) is 0. The highest BCUT2D eigenvalue weighted by Crippen LogP contribution is 2.15. The molecule has 0 fully saturated rings. The lowest BCUT2D eigenvalue weighted by atomic mass is 10.1. The highest BCUT2D eigenvalue weighted by molar-refractivity contribution is 5.95. The number of amides is 1. The SMILES string of the molecule is Cc1ccc(NC(=O)COC(=O)C2=COCCO2)c(C)c1. The molecule has 0 saturated heterocycles. The predicted octanol–water partition coefficient (Wildman–Crippen LogP) is 1.67. The average molecular weight is 291 g/mol. The maximum Gasteiger partial charge on any atom is 0.377 e. The molecule has 1 amide bonds. The Hall–Kier alpha value is -2.50. The zero-order valence-corrected chi connectivity index (χ0v) is 12.0. The van der Waals surface area contributed by atoms with Gasteiger partial charge in [0.2, 0.25) is 5.76 Å². The van der Waals surface area contributed by atoms with Crippen LogP contribution in [0.25, 0.3) is 0 Å². The molecule has 0 aliphatic carbocycles. The smallest absolute Gasteiger partial charge is 0.377 e. The number of aryl methyl sites for hydroxylation is 2. The van der Waals surface area contributed by atoms with E-state index in [9.17, 15) is 9.59 Å². The van der Waals surface area contributed by atoms with Crippen molar-refractivity contribution in [3.05, 3.63) is 41.3 Å². The topological polar surface area (TPSA) is 73.9 Å². The molecule has 1 heterocycles. The lowest BCUT2D eigenvalue weighted by molar-refractivity contribution is -0.148. The molecule has 0 unspecified atom stereocenters. The quantitative estimate of drug-likeness (QED) is 0.854. The lowest BCUT2D eigenvalue weighted by Crippen LogP contribution is -2.24. The van der Waals surface area contributed by atoms with Crippen LogP contribution in [0.5, 0.6) is 0 Å². The molecular weight excluding hydrogens is 274 g/mol. The Labute approximate surface area is 122 Å². The molecule has 1 aliphatic rings. The lowest BCUT2D eigenvalue weighted by Gasteiger charge is -2.14. The van der Waals surface area contributed by atoms with Gasteiger partial charge in [0, 0.05) is 5.69 Å². The molecule has 6 heteroatoms. The Kier molecular flexibility index (Phi) is 4.81. The Bertz CT molecular complexity index is 579. The van der Waals surface area contributed by atoms with Crippen molar-refractivity contribution < 1.29 is 23.8 Å². The molecule has 0 spiro atoms. The average Bonchev–Trinajstić information content (AvgIpc) is 2.48. The van der Waals surface area contributed by atoms with Crippen LogP contribution in [0.3, 0.4) is 0 Å². The van der Waals surface area contributed by atoms with Gasteiger partial charge in [-0.1, -0.05) is 17.7 Å². The molecule has 21 heavy (non-hydrogen) atoms. The second-order valence-electron chi connectivity index (χ2n) is 4.64. The summed E-state index contributed by atoms with van der Waals surface area (Å²) in [6.45, 7) is 4.17. The van der Waals surface area contributed by atoms with Gasteiger partial charge in [0.15, 0.2) is 6.61 Å². The summed E-state index contributed by atoms with van der Waals surface area (Å²) in [5.74, 6) is -1.15. The first-order chi connectivity index (χ1) is 10.1. The maximum atomic E-state index is 11.8. The van der Waals surface area contributed by atoms with Gasteiger partial charge < -0.3 is 19.5 Å². The Morgan fingerprint density at radius 3 is 2.76 bits per heavy atom. The van der Waals surface area contributed by atoms with Crippen LogP contribution in [0.2, 0.25) is 0 Å². The molecule has 0 aromatic heterocycles. The molecule has 0 bridgehead atoms. The second kappa shape index (κ2) is 6.78. The minimum absolute atomic E-state index is 0.0273. The maximum absolute atomic E-state index is 11.8. The monoisotopic (exact) mass is 291 g/mol. The van der Waals surface area contributed by atoms with Gasteiger partial charge in [0.1, 0.15) is 19.5 Å². The molecule has 0 atom stereocenters. The number of esters is 1. The number of ether oxygens (including phenoxy) is 3. The Balaban J connectivity index is 1.84. The van der Waals surface area contributed by atoms with E-state index < -0.39 is 11.9 Å². The normalized spacial score (nSPS) is 13.5. The van der Waals surface area contributed by atoms with Gasteiger partial charge in [-0.25, -0.2) is 4.79 Å². The minimum Gasteiger partial charge on any atom is -0.493 e. The van der Waals surface area contributed by atoms with E-state index in [1.54, 1.807) is 0 Å². The fourth-order valence-corrected chi connectivity index (χ4v) is 1.82. The van der Waals surface area contributed by atoms with Crippen molar-refractivity contribution in [2.24, 2.45) is 0 Å². The van der Waals surface area contributed by atoms with Gasteiger partial charge in [-0.3, -0.25) is 4.79 Å². The number of carbonyl (C=O) groups excluding carboxylic acids is 2. The predicted molar refractivity (Wildman–Crippen MR) is 75.5 cm³/mol. The number of hydrogen-bond donors (Lipinski definition) is 1. The Morgan fingerprint density at radius 1 is 1.29 bits per heavy atom. The Morgan fingerprint density at radius 2 is 2.10 bits per heavy atom. The van der Waals surface area contributed by atoms with Gasteiger partial charge in [-0.2, -0.15) is 0 Å². The van der Waals surface area contributed by atoms with Crippen LogP contribution >= 0.6 is 0 Å². The van der Waals surface area contributed by atoms with E-state index >= 15 is 0 Å². The number of rotatable bonds is 4. The van der Waals surface area contributed by atoms with Crippen molar-refractivity contribution in [3.63, 3.8) is 0 Å². The van der Waals surface area contributed by atoms with Crippen molar-refractivity contribution in [1.29, 1.82) is 0 Å². The number of anilines is 1. The molecule has 1 aliphatic heterocycles. The molecule has 0 radical (unpaired) electrons. The first kappa shape index (κ1) is 14.9. The highest BCUT2D eigenvalue weighted by Gasteiger charge is 2.18. The molecule has 1 aromatic carbocycles. The summed E-state index contributed by atoms with van der Waals surface area (Å²) in [6.07, 6.45) is 1.19. The summed E-state index contributed by atoms with van der Waals surface area (Å²) < 4.78 is 14.9. The second-order valence-corrected chi connectivity index (χ2v) is 4.64. The summed E-state index contributed by atoms with van der Waals surface area (Å²) in [5, 5.41) is 2.69. The fourth-order valence-electron chi connectivity index (χ4n) is 1.82. The van der Waals surface area contributed by atoms with E-state index in [1.165, 1.54) is 6.26 Å². The van der Waals surface area contributed by atoms with Crippen molar-refractivity contribution in [1.82, 2.24) is 0 Å². The van der Waals surface area contributed by atoms with Crippen LogP contribution in [0.15, 0.2) is 30.2 Å². The van der Waals surface area contributed by atoms with E-state index in [1.807, 2.05) is 32.0 Å². The van der Waals surface area contributed by atoms with Crippen LogP contribution < -0.4 is 5.32 Å². The van der Waals surface area contributed by atoms with E-state index in [-0.39, 0.29) is 19.0 Å². The molecule has 2 rings (SSSR count). The number of nitrogens with one attached hydrogen (secondary N) is 1. The molecule has 1 N–H and O–H groups in total. The van der Waals surface area contributed by atoms with Gasteiger partial charge in [0.05, 0.1) is 0 Å². The fraction of sp³-hybridized carbons (Fsp3) is 0.333. The molecular formula is C15H17NO5. The van der Waals surface area contributed by atoms with Gasteiger partial charge in [-0.15, -0.1) is 0 Å². The number of hydrogen-bond acceptors (Lipinski definition) is 5. The summed E-state index contributed by atoms with van der Waals surface area (Å²) in [4.78, 5) is 23.3. The third-order valence-corrected chi connectivity index (χ3v) is 2.84. The zero-order valence-electron chi connectivity index (χ0n) is 12.0. The van der Waals surface area contributed by atoms with Crippen molar-refractivity contribution >= 4 is 17.6 Å². The summed E-state index contributed by atoms with van der Waals surface area (Å²) in [6, 6.07) is 5.66. The third-order valence-electron chi connectivity index (χ3n) is 2.84. The first-order valence-electron chi connectivity index (χ1n) is 6.55. The standard InChI is InChI=1S/C15H17NO5/c1-10-3-4-12(11(2)7-10)16-14(17)9-21-15(18)13-8-19-5-6-20-13/h3-4,7-8H,5-6,9H2,1-2H3,(H,16,17). The minimum atomic E-state index is -0.717. The largest absolute Gasteiger partial charge is 0.493 e. The number of carbonyl (C=O) groups is 2. The summed E-state index contributed by atoms with van der Waals surface area (Å²) >= 11 is 0. The molecule has 1 aromatic rings. The van der Waals surface area contributed by atoms with Crippen molar-refractivity contribution in [3.8, 4) is 0 Å². The molecule has 0 saturated carbocycles.